The maximum Gasteiger partial charge on any atom is 0.224 e. The van der Waals surface area contributed by atoms with E-state index in [1.807, 2.05) is 57.3 Å². The molecule has 0 bridgehead atoms. The standard InChI is InChI=1S/C31H38N4O2.C3H7NO.C2H6.CH4O/c36-28(23-35-17-15-34(16-18-35)22-25-9-6-14-32-21-25)20-27(19-24-7-2-1-3-8-24)31(37)33-30-13-12-26-10-4-5-11-29(26)30;1-2-4-3-5;2*1-2/h1-11,14,21,27-28,30,36H,12-13,15-20,22-23H2,(H,33,37);3H,2H2,1H3,(H,4,5);1-2H3;2H,1H3/t27?,28?,30-;;;/m1.../s1. The van der Waals surface area contributed by atoms with Gasteiger partial charge in [-0.15, -0.1) is 0 Å². The predicted molar refractivity (Wildman–Crippen MR) is 185 cm³/mol. The van der Waals surface area contributed by atoms with E-state index in [4.69, 9.17) is 5.11 Å². The van der Waals surface area contributed by atoms with E-state index < -0.39 is 6.10 Å². The second-order valence-corrected chi connectivity index (χ2v) is 11.2. The highest BCUT2D eigenvalue weighted by Crippen LogP contribution is 2.31. The molecule has 5 rings (SSSR count). The van der Waals surface area contributed by atoms with Crippen molar-refractivity contribution in [2.45, 2.75) is 65.1 Å². The molecule has 2 amide bonds. The summed E-state index contributed by atoms with van der Waals surface area (Å²) >= 11 is 0. The molecule has 3 aromatic rings. The van der Waals surface area contributed by atoms with Crippen LogP contribution in [0.2, 0.25) is 0 Å². The fourth-order valence-corrected chi connectivity index (χ4v) is 5.84. The molecular formula is C37H55N5O4. The van der Waals surface area contributed by atoms with Crippen LogP contribution in [-0.2, 0) is 29.0 Å². The number of aromatic nitrogens is 1. The van der Waals surface area contributed by atoms with Gasteiger partial charge in [-0.3, -0.25) is 24.4 Å². The highest BCUT2D eigenvalue weighted by Gasteiger charge is 2.29. The molecule has 2 aromatic carbocycles. The number of hydrogen-bond acceptors (Lipinski definition) is 7. The number of pyridine rings is 1. The number of aryl methyl sites for hydroxylation is 1. The molecule has 1 fully saturated rings. The Labute approximate surface area is 276 Å². The van der Waals surface area contributed by atoms with Crippen LogP contribution in [0.15, 0.2) is 79.1 Å². The van der Waals surface area contributed by atoms with Crippen LogP contribution < -0.4 is 10.6 Å². The molecule has 46 heavy (non-hydrogen) atoms. The molecule has 9 nitrogen and oxygen atoms in total. The molecule has 252 valence electrons. The van der Waals surface area contributed by atoms with Gasteiger partial charge in [-0.05, 0) is 60.9 Å². The Morgan fingerprint density at radius 1 is 0.957 bits per heavy atom. The van der Waals surface area contributed by atoms with Crippen molar-refractivity contribution in [3.8, 4) is 0 Å². The zero-order chi connectivity index (χ0) is 33.6. The number of hydrogen-bond donors (Lipinski definition) is 4. The lowest BCUT2D eigenvalue weighted by molar-refractivity contribution is -0.127. The highest BCUT2D eigenvalue weighted by atomic mass is 16.3. The monoisotopic (exact) mass is 633 g/mol. The summed E-state index contributed by atoms with van der Waals surface area (Å²) in [5.74, 6) is -0.220. The van der Waals surface area contributed by atoms with Crippen LogP contribution in [0.25, 0.3) is 0 Å². The predicted octanol–water partition coefficient (Wildman–Crippen LogP) is 4.00. The summed E-state index contributed by atoms with van der Waals surface area (Å²) in [5.41, 5.74) is 4.93. The van der Waals surface area contributed by atoms with E-state index >= 15 is 0 Å². The summed E-state index contributed by atoms with van der Waals surface area (Å²) in [5, 5.41) is 23.8. The van der Waals surface area contributed by atoms with E-state index in [-0.39, 0.29) is 17.9 Å². The van der Waals surface area contributed by atoms with Gasteiger partial charge in [0.25, 0.3) is 0 Å². The molecule has 0 radical (unpaired) electrons. The average Bonchev–Trinajstić information content (AvgIpc) is 3.51. The van der Waals surface area contributed by atoms with Crippen molar-refractivity contribution < 1.29 is 19.8 Å². The van der Waals surface area contributed by atoms with Gasteiger partial charge in [-0.1, -0.05) is 74.5 Å². The minimum absolute atomic E-state index is 0.0471. The van der Waals surface area contributed by atoms with Gasteiger partial charge in [0.15, 0.2) is 0 Å². The van der Waals surface area contributed by atoms with Crippen LogP contribution in [-0.4, -0.2) is 89.8 Å². The number of carbonyl (C=O) groups excluding carboxylic acids is 2. The van der Waals surface area contributed by atoms with Gasteiger partial charge in [-0.25, -0.2) is 0 Å². The van der Waals surface area contributed by atoms with Crippen LogP contribution in [0.1, 0.15) is 61.9 Å². The highest BCUT2D eigenvalue weighted by molar-refractivity contribution is 5.79. The van der Waals surface area contributed by atoms with Crippen LogP contribution in [0.5, 0.6) is 0 Å². The molecule has 4 N–H and O–H groups in total. The fourth-order valence-electron chi connectivity index (χ4n) is 5.84. The smallest absolute Gasteiger partial charge is 0.224 e. The van der Waals surface area contributed by atoms with E-state index in [1.54, 1.807) is 6.20 Å². The van der Waals surface area contributed by atoms with Gasteiger partial charge in [0, 0.05) is 71.2 Å². The van der Waals surface area contributed by atoms with Crippen molar-refractivity contribution in [2.75, 3.05) is 46.4 Å². The largest absolute Gasteiger partial charge is 0.400 e. The molecule has 2 heterocycles. The number of nitrogens with one attached hydrogen (secondary N) is 2. The molecular weight excluding hydrogens is 578 g/mol. The molecule has 1 aliphatic carbocycles. The van der Waals surface area contributed by atoms with E-state index in [2.05, 4.69) is 61.8 Å². The number of β-amino-alcohol motifs (C(OH)–C–C–N with tert-alkyl or cyclic N) is 1. The first kappa shape index (κ1) is 38.6. The van der Waals surface area contributed by atoms with E-state index in [1.165, 1.54) is 16.7 Å². The molecule has 1 aromatic heterocycles. The van der Waals surface area contributed by atoms with Crippen molar-refractivity contribution in [3.05, 3.63) is 101 Å². The summed E-state index contributed by atoms with van der Waals surface area (Å²) < 4.78 is 0. The summed E-state index contributed by atoms with van der Waals surface area (Å²) in [6.07, 6.45) is 6.91. The third-order valence-electron chi connectivity index (χ3n) is 8.05. The first-order valence-electron chi connectivity index (χ1n) is 16.6. The van der Waals surface area contributed by atoms with Gasteiger partial charge in [-0.2, -0.15) is 0 Å². The Hall–Kier alpha value is -3.63. The van der Waals surface area contributed by atoms with Crippen molar-refractivity contribution in [1.82, 2.24) is 25.4 Å². The summed E-state index contributed by atoms with van der Waals surface area (Å²) in [6, 6.07) is 22.7. The molecule has 1 aliphatic heterocycles. The molecule has 2 unspecified atom stereocenters. The third kappa shape index (κ3) is 13.4. The number of benzene rings is 2. The first-order valence-corrected chi connectivity index (χ1v) is 16.6. The van der Waals surface area contributed by atoms with Gasteiger partial charge in [0.1, 0.15) is 0 Å². The Morgan fingerprint density at radius 2 is 1.61 bits per heavy atom. The number of aliphatic hydroxyl groups excluding tert-OH is 2. The minimum Gasteiger partial charge on any atom is -0.400 e. The number of rotatable bonds is 12. The SMILES string of the molecule is CC.CCNC=O.CO.O=C(N[C@@H]1CCc2ccccc21)C(Cc1ccccc1)CC(O)CN1CCN(Cc2cccnc2)CC1. The number of nitrogens with zero attached hydrogens (tertiary/aromatic N) is 3. The van der Waals surface area contributed by atoms with E-state index in [0.29, 0.717) is 25.8 Å². The lowest BCUT2D eigenvalue weighted by Gasteiger charge is -2.36. The molecule has 1 saturated heterocycles. The Kier molecular flexibility index (Phi) is 19.1. The van der Waals surface area contributed by atoms with Gasteiger partial charge < -0.3 is 20.8 Å². The topological polar surface area (TPSA) is 118 Å². The quantitative estimate of drug-likeness (QED) is 0.223. The Morgan fingerprint density at radius 3 is 2.24 bits per heavy atom. The maximum absolute atomic E-state index is 13.5. The normalized spacial score (nSPS) is 16.9. The van der Waals surface area contributed by atoms with Crippen molar-refractivity contribution in [1.29, 1.82) is 0 Å². The van der Waals surface area contributed by atoms with Crippen molar-refractivity contribution in [3.63, 3.8) is 0 Å². The van der Waals surface area contributed by atoms with Crippen LogP contribution in [0.3, 0.4) is 0 Å². The second kappa shape index (κ2) is 22.8. The van der Waals surface area contributed by atoms with Gasteiger partial charge in [0.2, 0.25) is 12.3 Å². The number of aliphatic hydroxyl groups is 2. The average molecular weight is 634 g/mol. The second-order valence-electron chi connectivity index (χ2n) is 11.2. The number of carbonyl (C=O) groups is 2. The van der Waals surface area contributed by atoms with Crippen LogP contribution in [0, 0.1) is 5.92 Å². The summed E-state index contributed by atoms with van der Waals surface area (Å²) in [4.78, 5) is 31.8. The Bertz CT molecular complexity index is 1220. The first-order chi connectivity index (χ1) is 22.6. The fraction of sp³-hybridized carbons (Fsp3) is 0.486. The lowest BCUT2D eigenvalue weighted by Crippen LogP contribution is -2.48. The van der Waals surface area contributed by atoms with Crippen LogP contribution >= 0.6 is 0 Å². The van der Waals surface area contributed by atoms with Gasteiger partial charge in [0.05, 0.1) is 12.1 Å². The molecule has 0 spiro atoms. The van der Waals surface area contributed by atoms with E-state index in [9.17, 15) is 14.7 Å². The van der Waals surface area contributed by atoms with Gasteiger partial charge >= 0.3 is 0 Å². The van der Waals surface area contributed by atoms with E-state index in [0.717, 1.165) is 64.8 Å². The third-order valence-corrected chi connectivity index (χ3v) is 8.05. The zero-order valence-electron chi connectivity index (χ0n) is 28.1. The minimum atomic E-state index is -0.541. The Balaban J connectivity index is 0.000000736. The summed E-state index contributed by atoms with van der Waals surface area (Å²) in [6.45, 7) is 11.9. The molecule has 9 heteroatoms. The maximum atomic E-state index is 13.5. The number of piperazine rings is 1. The van der Waals surface area contributed by atoms with Crippen LogP contribution in [0.4, 0.5) is 0 Å². The molecule has 3 atom stereocenters. The van der Waals surface area contributed by atoms with Crippen molar-refractivity contribution in [2.24, 2.45) is 5.92 Å². The number of fused-ring (bicyclic) bond motifs is 1. The number of amides is 2. The lowest BCUT2D eigenvalue weighted by atomic mass is 9.92. The van der Waals surface area contributed by atoms with Crippen molar-refractivity contribution >= 4 is 12.3 Å². The zero-order valence-corrected chi connectivity index (χ0v) is 28.1. The molecule has 0 saturated carbocycles. The molecule has 2 aliphatic rings. The summed E-state index contributed by atoms with van der Waals surface area (Å²) in [7, 11) is 1.00.